The quantitative estimate of drug-likeness (QED) is 0.553. The minimum atomic E-state index is -1.34. The molecule has 0 aliphatic heterocycles. The van der Waals surface area contributed by atoms with Gasteiger partial charge in [-0.1, -0.05) is 6.07 Å². The number of rotatable bonds is 7. The molecule has 2 aromatic rings. The van der Waals surface area contributed by atoms with Crippen molar-refractivity contribution in [2.24, 2.45) is 0 Å². The molecule has 0 unspecified atom stereocenters. The standard InChI is InChI=1S/C16H18N2O5S/c1-9(2)22-12-6-5-11(7-13(12)21-4)8-14(15(19)20)24-16-18-17-10(3)23-16/h5-9H,1-4H3,(H,19,20)/p-1/b14-8+. The molecule has 1 aromatic heterocycles. The van der Waals surface area contributed by atoms with Crippen LogP contribution in [-0.2, 0) is 4.79 Å². The van der Waals surface area contributed by atoms with Crippen LogP contribution < -0.4 is 14.6 Å². The molecule has 0 bridgehead atoms. The fourth-order valence-corrected chi connectivity index (χ4v) is 2.53. The van der Waals surface area contributed by atoms with Crippen molar-refractivity contribution in [1.29, 1.82) is 0 Å². The van der Waals surface area contributed by atoms with Gasteiger partial charge in [0.1, 0.15) is 0 Å². The number of aromatic nitrogens is 2. The minimum absolute atomic E-state index is 0.00426. The molecule has 24 heavy (non-hydrogen) atoms. The highest BCUT2D eigenvalue weighted by molar-refractivity contribution is 8.03. The maximum absolute atomic E-state index is 11.3. The van der Waals surface area contributed by atoms with E-state index >= 15 is 0 Å². The van der Waals surface area contributed by atoms with E-state index in [2.05, 4.69) is 10.2 Å². The van der Waals surface area contributed by atoms with E-state index in [1.165, 1.54) is 13.2 Å². The molecule has 0 aliphatic rings. The van der Waals surface area contributed by atoms with Gasteiger partial charge in [0.2, 0.25) is 5.89 Å². The summed E-state index contributed by atoms with van der Waals surface area (Å²) in [6, 6.07) is 5.13. The van der Waals surface area contributed by atoms with Crippen LogP contribution in [0.4, 0.5) is 0 Å². The smallest absolute Gasteiger partial charge is 0.281 e. The molecule has 1 aromatic carbocycles. The Morgan fingerprint density at radius 1 is 1.33 bits per heavy atom. The van der Waals surface area contributed by atoms with E-state index in [0.717, 1.165) is 11.8 Å². The van der Waals surface area contributed by atoms with Gasteiger partial charge in [-0.05, 0) is 49.4 Å². The third kappa shape index (κ3) is 4.76. The molecule has 0 radical (unpaired) electrons. The number of carboxylic acids is 1. The molecule has 0 atom stereocenters. The van der Waals surface area contributed by atoms with E-state index in [1.54, 1.807) is 25.1 Å². The summed E-state index contributed by atoms with van der Waals surface area (Å²) < 4.78 is 16.1. The number of nitrogens with zero attached hydrogens (tertiary/aromatic N) is 2. The predicted molar refractivity (Wildman–Crippen MR) is 86.6 cm³/mol. The second-order valence-corrected chi connectivity index (χ2v) is 6.06. The zero-order chi connectivity index (χ0) is 17.7. The molecule has 128 valence electrons. The maximum atomic E-state index is 11.3. The van der Waals surface area contributed by atoms with Crippen LogP contribution in [0.15, 0.2) is 32.7 Å². The first-order valence-electron chi connectivity index (χ1n) is 7.14. The molecule has 0 fully saturated rings. The van der Waals surface area contributed by atoms with Gasteiger partial charge in [0.05, 0.1) is 19.2 Å². The fraction of sp³-hybridized carbons (Fsp3) is 0.312. The van der Waals surface area contributed by atoms with E-state index < -0.39 is 5.97 Å². The Kier molecular flexibility index (Phi) is 5.86. The largest absolute Gasteiger partial charge is 0.544 e. The topological polar surface area (TPSA) is 97.5 Å². The van der Waals surface area contributed by atoms with Gasteiger partial charge in [-0.15, -0.1) is 10.2 Å². The van der Waals surface area contributed by atoms with Crippen LogP contribution in [0.3, 0.4) is 0 Å². The van der Waals surface area contributed by atoms with Crippen LogP contribution in [-0.4, -0.2) is 29.4 Å². The molecular weight excluding hydrogens is 332 g/mol. The van der Waals surface area contributed by atoms with Gasteiger partial charge in [0, 0.05) is 11.8 Å². The van der Waals surface area contributed by atoms with Gasteiger partial charge in [0.25, 0.3) is 5.22 Å². The molecule has 0 aliphatic carbocycles. The Labute approximate surface area is 143 Å². The monoisotopic (exact) mass is 349 g/mol. The molecule has 0 saturated carbocycles. The van der Waals surface area contributed by atoms with Crippen LogP contribution in [0.2, 0.25) is 0 Å². The molecule has 0 spiro atoms. The zero-order valence-electron chi connectivity index (χ0n) is 13.7. The van der Waals surface area contributed by atoms with E-state index in [9.17, 15) is 9.90 Å². The molecule has 0 amide bonds. The summed E-state index contributed by atoms with van der Waals surface area (Å²) in [4.78, 5) is 11.3. The lowest BCUT2D eigenvalue weighted by molar-refractivity contribution is -0.298. The van der Waals surface area contributed by atoms with Crippen molar-refractivity contribution in [2.45, 2.75) is 32.1 Å². The Morgan fingerprint density at radius 3 is 2.62 bits per heavy atom. The third-order valence-corrected chi connectivity index (χ3v) is 3.60. The Balaban J connectivity index is 2.29. The van der Waals surface area contributed by atoms with Crippen molar-refractivity contribution in [3.05, 3.63) is 34.6 Å². The molecule has 0 saturated heterocycles. The maximum Gasteiger partial charge on any atom is 0.281 e. The van der Waals surface area contributed by atoms with Crippen molar-refractivity contribution >= 4 is 23.8 Å². The van der Waals surface area contributed by atoms with E-state index in [1.807, 2.05) is 13.8 Å². The lowest BCUT2D eigenvalue weighted by Crippen LogP contribution is -2.23. The number of methoxy groups -OCH3 is 1. The van der Waals surface area contributed by atoms with Gasteiger partial charge in [0.15, 0.2) is 11.5 Å². The van der Waals surface area contributed by atoms with Crippen molar-refractivity contribution < 1.29 is 23.8 Å². The first-order chi connectivity index (χ1) is 11.4. The fourth-order valence-electron chi connectivity index (χ4n) is 1.82. The highest BCUT2D eigenvalue weighted by atomic mass is 32.2. The van der Waals surface area contributed by atoms with E-state index in [-0.39, 0.29) is 16.2 Å². The average Bonchev–Trinajstić information content (AvgIpc) is 2.92. The Bertz CT molecular complexity index is 755. The Morgan fingerprint density at radius 2 is 2.08 bits per heavy atom. The lowest BCUT2D eigenvalue weighted by Gasteiger charge is -2.14. The number of aliphatic carboxylic acids is 1. The van der Waals surface area contributed by atoms with Gasteiger partial charge in [-0.3, -0.25) is 0 Å². The Hall–Kier alpha value is -2.48. The highest BCUT2D eigenvalue weighted by Gasteiger charge is 2.11. The summed E-state index contributed by atoms with van der Waals surface area (Å²) in [6.45, 7) is 5.44. The summed E-state index contributed by atoms with van der Waals surface area (Å²) in [5.41, 5.74) is 0.617. The van der Waals surface area contributed by atoms with Gasteiger partial charge in [-0.2, -0.15) is 0 Å². The second-order valence-electron chi connectivity index (χ2n) is 5.06. The van der Waals surface area contributed by atoms with E-state index in [4.69, 9.17) is 13.9 Å². The summed E-state index contributed by atoms with van der Waals surface area (Å²) in [5.74, 6) is 0.109. The second kappa shape index (κ2) is 7.87. The van der Waals surface area contributed by atoms with Gasteiger partial charge in [-0.25, -0.2) is 0 Å². The molecule has 1 heterocycles. The minimum Gasteiger partial charge on any atom is -0.544 e. The summed E-state index contributed by atoms with van der Waals surface area (Å²) >= 11 is 0.828. The predicted octanol–water partition coefficient (Wildman–Crippen LogP) is 2.06. The zero-order valence-corrected chi connectivity index (χ0v) is 14.5. The van der Waals surface area contributed by atoms with Crippen molar-refractivity contribution in [1.82, 2.24) is 10.2 Å². The van der Waals surface area contributed by atoms with Crippen LogP contribution in [0.25, 0.3) is 6.08 Å². The number of carboxylic acid groups (broad SMARTS) is 1. The number of aryl methyl sites for hydroxylation is 1. The lowest BCUT2D eigenvalue weighted by atomic mass is 10.2. The summed E-state index contributed by atoms with van der Waals surface area (Å²) in [6.07, 6.45) is 1.44. The number of ether oxygens (including phenoxy) is 2. The number of thioether (sulfide) groups is 1. The number of hydrogen-bond donors (Lipinski definition) is 0. The van der Waals surface area contributed by atoms with Crippen molar-refractivity contribution in [3.63, 3.8) is 0 Å². The third-order valence-electron chi connectivity index (χ3n) is 2.75. The van der Waals surface area contributed by atoms with Crippen LogP contribution in [0.5, 0.6) is 11.5 Å². The number of carbonyl (C=O) groups excluding carboxylic acids is 1. The number of hydrogen-bond acceptors (Lipinski definition) is 8. The first kappa shape index (κ1) is 17.9. The molecule has 2 rings (SSSR count). The van der Waals surface area contributed by atoms with Crippen LogP contribution >= 0.6 is 11.8 Å². The SMILES string of the molecule is COc1cc(/C=C(/Sc2nnc(C)o2)C(=O)[O-])ccc1OC(C)C. The molecule has 8 heteroatoms. The first-order valence-corrected chi connectivity index (χ1v) is 7.96. The number of benzene rings is 1. The number of carbonyl (C=O) groups is 1. The normalized spacial score (nSPS) is 11.6. The van der Waals surface area contributed by atoms with Crippen molar-refractivity contribution in [2.75, 3.05) is 7.11 Å². The van der Waals surface area contributed by atoms with Gasteiger partial charge >= 0.3 is 0 Å². The molecule has 7 nitrogen and oxygen atoms in total. The average molecular weight is 349 g/mol. The molecule has 0 N–H and O–H groups in total. The summed E-state index contributed by atoms with van der Waals surface area (Å²) in [5, 5.41) is 18.9. The van der Waals surface area contributed by atoms with Gasteiger partial charge < -0.3 is 23.8 Å². The van der Waals surface area contributed by atoms with Crippen LogP contribution in [0, 0.1) is 6.92 Å². The van der Waals surface area contributed by atoms with E-state index in [0.29, 0.717) is 23.0 Å². The van der Waals surface area contributed by atoms with Crippen LogP contribution in [0.1, 0.15) is 25.3 Å². The molecular formula is C16H17N2O5S-. The van der Waals surface area contributed by atoms with Crippen molar-refractivity contribution in [3.8, 4) is 11.5 Å². The summed E-state index contributed by atoms with van der Waals surface area (Å²) in [7, 11) is 1.52. The highest BCUT2D eigenvalue weighted by Crippen LogP contribution is 2.32.